The highest BCUT2D eigenvalue weighted by Crippen LogP contribution is 2.42. The molecule has 0 amide bonds. The van der Waals surface area contributed by atoms with Crippen molar-refractivity contribution in [1.82, 2.24) is 0 Å². The van der Waals surface area contributed by atoms with E-state index in [1.165, 1.54) is 6.42 Å². The maximum atomic E-state index is 15.4. The van der Waals surface area contributed by atoms with Gasteiger partial charge in [-0.05, 0) is 77.3 Å². The molecule has 0 radical (unpaired) electrons. The van der Waals surface area contributed by atoms with E-state index >= 15 is 8.78 Å². The first kappa shape index (κ1) is 24.3. The average molecular weight is 480 g/mol. The predicted octanol–water partition coefficient (Wildman–Crippen LogP) is 8.82. The van der Waals surface area contributed by atoms with E-state index in [4.69, 9.17) is 0 Å². The molecule has 0 atom stereocenters. The van der Waals surface area contributed by atoms with Gasteiger partial charge in [-0.2, -0.15) is 13.2 Å². The Morgan fingerprint density at radius 3 is 2.12 bits per heavy atom. The first-order valence-electron chi connectivity index (χ1n) is 11.3. The minimum atomic E-state index is -5.27. The van der Waals surface area contributed by atoms with Crippen LogP contribution in [0.25, 0.3) is 22.3 Å². The van der Waals surface area contributed by atoms with Crippen LogP contribution in [0.1, 0.15) is 54.9 Å². The average Bonchev–Trinajstić information content (AvgIpc) is 2.75. The molecule has 1 aliphatic carbocycles. The number of hydrogen-bond acceptors (Lipinski definition) is 0. The predicted molar refractivity (Wildman–Crippen MR) is 117 cm³/mol. The lowest BCUT2D eigenvalue weighted by Crippen LogP contribution is -2.12. The Labute approximate surface area is 193 Å². The van der Waals surface area contributed by atoms with Crippen molar-refractivity contribution in [2.75, 3.05) is 0 Å². The van der Waals surface area contributed by atoms with Gasteiger partial charge in [0.2, 0.25) is 0 Å². The summed E-state index contributed by atoms with van der Waals surface area (Å²) in [5.74, 6) is -5.94. The number of hydrogen-bond donors (Lipinski definition) is 0. The summed E-state index contributed by atoms with van der Waals surface area (Å²) < 4.78 is 97.2. The molecule has 0 N–H and O–H groups in total. The van der Waals surface area contributed by atoms with Crippen LogP contribution in [0.15, 0.2) is 36.4 Å². The molecule has 7 heteroatoms. The molecule has 0 unspecified atom stereocenters. The Morgan fingerprint density at radius 2 is 1.47 bits per heavy atom. The lowest BCUT2D eigenvalue weighted by Gasteiger charge is -2.23. The van der Waals surface area contributed by atoms with Crippen LogP contribution in [0.2, 0.25) is 0 Å². The van der Waals surface area contributed by atoms with Crippen molar-refractivity contribution in [2.24, 2.45) is 0 Å². The molecule has 0 saturated heterocycles. The van der Waals surface area contributed by atoms with Gasteiger partial charge in [0.25, 0.3) is 0 Å². The zero-order valence-corrected chi connectivity index (χ0v) is 18.6. The van der Waals surface area contributed by atoms with Crippen molar-refractivity contribution in [3.05, 3.63) is 81.9 Å². The third-order valence-electron chi connectivity index (χ3n) is 6.36. The van der Waals surface area contributed by atoms with E-state index in [0.29, 0.717) is 29.7 Å². The monoisotopic (exact) mass is 480 g/mol. The van der Waals surface area contributed by atoms with Crippen LogP contribution in [-0.4, -0.2) is 0 Å². The standard InChI is InChI=1S/C27H23F7/c1-2-3-4-5-6-15-7-9-18-16(11-15)8-10-19-20(18)14-21(28)24(26(19)31)17-12-22(29)25(23(30)13-17)27(32,33)34/h7,9,11-14H,2-6,8,10H2,1H3. The minimum Gasteiger partial charge on any atom is -0.206 e. The second-order valence-electron chi connectivity index (χ2n) is 8.69. The van der Waals surface area contributed by atoms with Gasteiger partial charge in [0.05, 0.1) is 5.56 Å². The van der Waals surface area contributed by atoms with Gasteiger partial charge in [-0.3, -0.25) is 0 Å². The summed E-state index contributed by atoms with van der Waals surface area (Å²) in [7, 11) is 0. The van der Waals surface area contributed by atoms with Crippen molar-refractivity contribution < 1.29 is 30.7 Å². The normalized spacial score (nSPS) is 13.1. The molecule has 3 aromatic rings. The first-order chi connectivity index (χ1) is 16.1. The quantitative estimate of drug-likeness (QED) is 0.244. The molecule has 0 saturated carbocycles. The molecule has 0 spiro atoms. The van der Waals surface area contributed by atoms with Crippen LogP contribution in [0.5, 0.6) is 0 Å². The van der Waals surface area contributed by atoms with Gasteiger partial charge >= 0.3 is 6.18 Å². The third kappa shape index (κ3) is 4.57. The van der Waals surface area contributed by atoms with Gasteiger partial charge in [-0.15, -0.1) is 0 Å². The Balaban J connectivity index is 1.72. The van der Waals surface area contributed by atoms with Crippen LogP contribution in [0.3, 0.4) is 0 Å². The van der Waals surface area contributed by atoms with Crippen molar-refractivity contribution >= 4 is 0 Å². The van der Waals surface area contributed by atoms with Crippen LogP contribution in [0, 0.1) is 23.3 Å². The molecule has 0 aromatic heterocycles. The van der Waals surface area contributed by atoms with E-state index in [0.717, 1.165) is 42.9 Å². The second kappa shape index (κ2) is 9.43. The van der Waals surface area contributed by atoms with Crippen LogP contribution in [0.4, 0.5) is 30.7 Å². The lowest BCUT2D eigenvalue weighted by molar-refractivity contribution is -0.142. The van der Waals surface area contributed by atoms with Crippen molar-refractivity contribution in [1.29, 1.82) is 0 Å². The van der Waals surface area contributed by atoms with Gasteiger partial charge < -0.3 is 0 Å². The summed E-state index contributed by atoms with van der Waals surface area (Å²) in [6, 6.07) is 7.56. The SMILES string of the molecule is CCCCCCc1ccc2c(c1)CCc1c-2cc(F)c(-c2cc(F)c(C(F)(F)F)c(F)c2)c1F. The molecular formula is C27H23F7. The molecule has 0 nitrogen and oxygen atoms in total. The Kier molecular flexibility index (Phi) is 6.74. The summed E-state index contributed by atoms with van der Waals surface area (Å²) in [6.07, 6.45) is 0.925. The number of benzene rings is 3. The summed E-state index contributed by atoms with van der Waals surface area (Å²) >= 11 is 0. The van der Waals surface area contributed by atoms with E-state index < -0.39 is 46.1 Å². The summed E-state index contributed by atoms with van der Waals surface area (Å²) in [5.41, 5.74) is -0.0895. The van der Waals surface area contributed by atoms with E-state index in [9.17, 15) is 22.0 Å². The first-order valence-corrected chi connectivity index (χ1v) is 11.3. The largest absolute Gasteiger partial charge is 0.422 e. The highest BCUT2D eigenvalue weighted by molar-refractivity contribution is 5.78. The van der Waals surface area contributed by atoms with Gasteiger partial charge in [0.15, 0.2) is 0 Å². The maximum absolute atomic E-state index is 15.4. The van der Waals surface area contributed by atoms with E-state index in [2.05, 4.69) is 13.0 Å². The fourth-order valence-corrected chi connectivity index (χ4v) is 4.69. The Morgan fingerprint density at radius 1 is 0.765 bits per heavy atom. The van der Waals surface area contributed by atoms with Gasteiger partial charge in [-0.1, -0.05) is 44.4 Å². The number of fused-ring (bicyclic) bond motifs is 3. The molecule has 180 valence electrons. The number of halogens is 7. The van der Waals surface area contributed by atoms with Crippen molar-refractivity contribution in [3.63, 3.8) is 0 Å². The van der Waals surface area contributed by atoms with Gasteiger partial charge in [0, 0.05) is 0 Å². The molecule has 34 heavy (non-hydrogen) atoms. The van der Waals surface area contributed by atoms with E-state index in [-0.39, 0.29) is 12.0 Å². The van der Waals surface area contributed by atoms with Crippen LogP contribution < -0.4 is 0 Å². The molecule has 0 aliphatic heterocycles. The number of unbranched alkanes of at least 4 members (excludes halogenated alkanes) is 3. The molecule has 0 bridgehead atoms. The maximum Gasteiger partial charge on any atom is 0.422 e. The zero-order valence-electron chi connectivity index (χ0n) is 18.6. The zero-order chi connectivity index (χ0) is 24.6. The highest BCUT2D eigenvalue weighted by atomic mass is 19.4. The van der Waals surface area contributed by atoms with E-state index in [1.54, 1.807) is 0 Å². The van der Waals surface area contributed by atoms with Crippen molar-refractivity contribution in [2.45, 2.75) is 58.0 Å². The minimum absolute atomic E-state index is 0.181. The smallest absolute Gasteiger partial charge is 0.206 e. The number of rotatable bonds is 6. The molecule has 0 fully saturated rings. The van der Waals surface area contributed by atoms with Crippen LogP contribution >= 0.6 is 0 Å². The van der Waals surface area contributed by atoms with Crippen molar-refractivity contribution in [3.8, 4) is 22.3 Å². The fraction of sp³-hybridized carbons (Fsp3) is 0.333. The summed E-state index contributed by atoms with van der Waals surface area (Å²) in [6.45, 7) is 2.14. The third-order valence-corrected chi connectivity index (χ3v) is 6.36. The topological polar surface area (TPSA) is 0 Å². The summed E-state index contributed by atoms with van der Waals surface area (Å²) in [5, 5.41) is 0. The second-order valence-corrected chi connectivity index (χ2v) is 8.69. The molecular weight excluding hydrogens is 457 g/mol. The van der Waals surface area contributed by atoms with E-state index in [1.807, 2.05) is 12.1 Å². The van der Waals surface area contributed by atoms with Gasteiger partial charge in [0.1, 0.15) is 28.8 Å². The Bertz CT molecular complexity index is 1200. The Hall–Kier alpha value is -2.83. The van der Waals surface area contributed by atoms with Crippen LogP contribution in [-0.2, 0) is 25.4 Å². The highest BCUT2D eigenvalue weighted by Gasteiger charge is 2.38. The lowest BCUT2D eigenvalue weighted by atomic mass is 9.82. The number of alkyl halides is 3. The molecule has 0 heterocycles. The molecule has 3 aromatic carbocycles. The number of aryl methyl sites for hydroxylation is 2. The summed E-state index contributed by atoms with van der Waals surface area (Å²) in [4.78, 5) is 0. The molecule has 4 rings (SSSR count). The van der Waals surface area contributed by atoms with Gasteiger partial charge in [-0.25, -0.2) is 17.6 Å². The molecule has 1 aliphatic rings. The fourth-order valence-electron chi connectivity index (χ4n) is 4.69.